The van der Waals surface area contributed by atoms with E-state index in [1.165, 1.54) is 12.1 Å². The number of thiophene rings is 1. The van der Waals surface area contributed by atoms with Gasteiger partial charge in [0.25, 0.3) is 5.91 Å². The second-order valence-corrected chi connectivity index (χ2v) is 5.41. The van der Waals surface area contributed by atoms with Crippen LogP contribution in [0, 0.1) is 0 Å². The van der Waals surface area contributed by atoms with Crippen molar-refractivity contribution < 1.29 is 19.4 Å². The Hall–Kier alpha value is -2.34. The van der Waals surface area contributed by atoms with Gasteiger partial charge < -0.3 is 15.2 Å². The molecule has 1 amide bonds. The predicted octanol–water partition coefficient (Wildman–Crippen LogP) is 2.43. The van der Waals surface area contributed by atoms with Crippen LogP contribution in [0.2, 0.25) is 0 Å². The van der Waals surface area contributed by atoms with E-state index in [-0.39, 0.29) is 10.8 Å². The van der Waals surface area contributed by atoms with Crippen LogP contribution in [0.1, 0.15) is 24.9 Å². The largest absolute Gasteiger partial charge is 0.497 e. The summed E-state index contributed by atoms with van der Waals surface area (Å²) in [6.07, 6.45) is 0.701. The van der Waals surface area contributed by atoms with Gasteiger partial charge in [0.15, 0.2) is 0 Å². The molecule has 2 rings (SSSR count). The number of amides is 1. The molecule has 0 atom stereocenters. The second-order valence-electron chi connectivity index (χ2n) is 4.32. The van der Waals surface area contributed by atoms with Crippen molar-refractivity contribution in [1.29, 1.82) is 0 Å². The molecule has 0 spiro atoms. The van der Waals surface area contributed by atoms with E-state index in [0.29, 0.717) is 17.8 Å². The maximum atomic E-state index is 11.9. The molecular weight excluding hydrogens is 290 g/mol. The van der Waals surface area contributed by atoms with Crippen LogP contribution in [0.3, 0.4) is 0 Å². The minimum atomic E-state index is -1.02. The lowest BCUT2D eigenvalue weighted by Crippen LogP contribution is -2.24. The van der Waals surface area contributed by atoms with E-state index in [1.54, 1.807) is 7.11 Å². The van der Waals surface area contributed by atoms with E-state index < -0.39 is 5.97 Å². The van der Waals surface area contributed by atoms with Gasteiger partial charge in [-0.05, 0) is 36.2 Å². The van der Waals surface area contributed by atoms with E-state index in [4.69, 9.17) is 9.84 Å². The molecule has 1 aromatic carbocycles. The topological polar surface area (TPSA) is 75.6 Å². The molecule has 110 valence electrons. The summed E-state index contributed by atoms with van der Waals surface area (Å²) >= 11 is 0.972. The van der Waals surface area contributed by atoms with Crippen molar-refractivity contribution >= 4 is 23.2 Å². The highest BCUT2D eigenvalue weighted by molar-refractivity contribution is 7.15. The Bertz CT molecular complexity index is 633. The third-order valence-corrected chi connectivity index (χ3v) is 3.97. The monoisotopic (exact) mass is 305 g/mol. The van der Waals surface area contributed by atoms with Crippen molar-refractivity contribution in [2.45, 2.75) is 6.42 Å². The average Bonchev–Trinajstić information content (AvgIpc) is 2.98. The van der Waals surface area contributed by atoms with Gasteiger partial charge in [-0.25, -0.2) is 4.79 Å². The summed E-state index contributed by atoms with van der Waals surface area (Å²) in [4.78, 5) is 23.2. The summed E-state index contributed by atoms with van der Waals surface area (Å²) in [7, 11) is 1.61. The highest BCUT2D eigenvalue weighted by Gasteiger charge is 2.12. The fourth-order valence-corrected chi connectivity index (χ4v) is 2.54. The third kappa shape index (κ3) is 4.06. The maximum Gasteiger partial charge on any atom is 0.345 e. The number of methoxy groups -OCH3 is 1. The lowest BCUT2D eigenvalue weighted by Gasteiger charge is -2.05. The van der Waals surface area contributed by atoms with E-state index >= 15 is 0 Å². The van der Waals surface area contributed by atoms with Gasteiger partial charge in [-0.2, -0.15) is 0 Å². The quantitative estimate of drug-likeness (QED) is 0.859. The molecule has 0 saturated heterocycles. The van der Waals surface area contributed by atoms with Crippen LogP contribution >= 0.6 is 11.3 Å². The number of benzene rings is 1. The molecule has 0 aliphatic heterocycles. The van der Waals surface area contributed by atoms with Crippen molar-refractivity contribution in [1.82, 2.24) is 5.32 Å². The number of rotatable bonds is 6. The van der Waals surface area contributed by atoms with E-state index in [9.17, 15) is 9.59 Å². The van der Waals surface area contributed by atoms with Crippen LogP contribution < -0.4 is 10.1 Å². The number of nitrogens with one attached hydrogen (secondary N) is 1. The molecule has 2 aromatic rings. The molecule has 1 aromatic heterocycles. The molecule has 0 aliphatic rings. The van der Waals surface area contributed by atoms with Gasteiger partial charge >= 0.3 is 5.97 Å². The molecule has 0 bridgehead atoms. The summed E-state index contributed by atoms with van der Waals surface area (Å²) in [5, 5.41) is 11.6. The lowest BCUT2D eigenvalue weighted by molar-refractivity contribution is 0.0702. The van der Waals surface area contributed by atoms with E-state index in [0.717, 1.165) is 22.6 Å². The summed E-state index contributed by atoms with van der Waals surface area (Å²) in [6.45, 7) is 0.492. The lowest BCUT2D eigenvalue weighted by atomic mass is 10.1. The first-order valence-electron chi connectivity index (χ1n) is 6.34. The highest BCUT2D eigenvalue weighted by Crippen LogP contribution is 2.16. The molecule has 0 unspecified atom stereocenters. The molecule has 0 radical (unpaired) electrons. The number of carbonyl (C=O) groups is 2. The summed E-state index contributed by atoms with van der Waals surface area (Å²) < 4.78 is 5.08. The summed E-state index contributed by atoms with van der Waals surface area (Å²) in [5.74, 6) is -0.471. The Labute approximate surface area is 126 Å². The zero-order valence-electron chi connectivity index (χ0n) is 11.5. The fourth-order valence-electron chi connectivity index (χ4n) is 1.77. The molecule has 2 N–H and O–H groups in total. The number of aromatic carboxylic acids is 1. The molecule has 0 aliphatic carbocycles. The van der Waals surface area contributed by atoms with Crippen LogP contribution in [0.25, 0.3) is 0 Å². The van der Waals surface area contributed by atoms with Gasteiger partial charge in [0.2, 0.25) is 0 Å². The zero-order chi connectivity index (χ0) is 15.2. The Kier molecular flexibility index (Phi) is 4.94. The highest BCUT2D eigenvalue weighted by atomic mass is 32.1. The molecule has 5 nitrogen and oxygen atoms in total. The van der Waals surface area contributed by atoms with Gasteiger partial charge in [0.05, 0.1) is 12.0 Å². The van der Waals surface area contributed by atoms with E-state index in [2.05, 4.69) is 5.32 Å². The second kappa shape index (κ2) is 6.90. The molecular formula is C15H15NO4S. The zero-order valence-corrected chi connectivity index (χ0v) is 12.3. The minimum Gasteiger partial charge on any atom is -0.497 e. The van der Waals surface area contributed by atoms with Gasteiger partial charge in [-0.1, -0.05) is 12.1 Å². The number of carboxylic acids is 1. The smallest absolute Gasteiger partial charge is 0.345 e. The number of hydrogen-bond acceptors (Lipinski definition) is 4. The number of carbonyl (C=O) groups excluding carboxylic acids is 1. The first-order chi connectivity index (χ1) is 10.1. The normalized spacial score (nSPS) is 10.1. The first-order valence-corrected chi connectivity index (χ1v) is 7.16. The molecule has 0 fully saturated rings. The fraction of sp³-hybridized carbons (Fsp3) is 0.200. The van der Waals surface area contributed by atoms with Crippen molar-refractivity contribution in [3.8, 4) is 5.75 Å². The van der Waals surface area contributed by atoms with Crippen LogP contribution in [-0.4, -0.2) is 30.6 Å². The van der Waals surface area contributed by atoms with Crippen LogP contribution in [-0.2, 0) is 6.42 Å². The van der Waals surface area contributed by atoms with Gasteiger partial charge in [-0.15, -0.1) is 11.3 Å². The van der Waals surface area contributed by atoms with Crippen molar-refractivity contribution in [2.75, 3.05) is 13.7 Å². The average molecular weight is 305 g/mol. The van der Waals surface area contributed by atoms with Crippen LogP contribution in [0.5, 0.6) is 5.75 Å². The van der Waals surface area contributed by atoms with Crippen LogP contribution in [0.15, 0.2) is 36.4 Å². The number of ether oxygens (including phenoxy) is 1. The molecule has 6 heteroatoms. The summed E-state index contributed by atoms with van der Waals surface area (Å²) in [5.41, 5.74) is 1.09. The number of hydrogen-bond donors (Lipinski definition) is 2. The first kappa shape index (κ1) is 15.1. The van der Waals surface area contributed by atoms with Crippen molar-refractivity contribution in [3.05, 3.63) is 51.7 Å². The van der Waals surface area contributed by atoms with Crippen molar-refractivity contribution in [3.63, 3.8) is 0 Å². The molecule has 1 heterocycles. The van der Waals surface area contributed by atoms with E-state index in [1.807, 2.05) is 24.3 Å². The molecule has 0 saturated carbocycles. The molecule has 21 heavy (non-hydrogen) atoms. The van der Waals surface area contributed by atoms with Crippen molar-refractivity contribution in [2.24, 2.45) is 0 Å². The predicted molar refractivity (Wildman–Crippen MR) is 80.3 cm³/mol. The standard InChI is InChI=1S/C15H15NO4S/c1-20-11-4-2-10(3-5-11)8-9-16-14(17)12-6-7-13(21-12)15(18)19/h2-7H,8-9H2,1H3,(H,16,17)(H,18,19). The van der Waals surface area contributed by atoms with Gasteiger partial charge in [0, 0.05) is 6.54 Å². The minimum absolute atomic E-state index is 0.162. The number of carboxylic acid groups (broad SMARTS) is 1. The summed E-state index contributed by atoms with van der Waals surface area (Å²) in [6, 6.07) is 10.6. The Morgan fingerprint density at radius 3 is 2.38 bits per heavy atom. The van der Waals surface area contributed by atoms with Gasteiger partial charge in [0.1, 0.15) is 10.6 Å². The SMILES string of the molecule is COc1ccc(CCNC(=O)c2ccc(C(=O)O)s2)cc1. The van der Waals surface area contributed by atoms with Crippen LogP contribution in [0.4, 0.5) is 0 Å². The maximum absolute atomic E-state index is 11.9. The third-order valence-electron chi connectivity index (χ3n) is 2.90. The Balaban J connectivity index is 1.84. The Morgan fingerprint density at radius 1 is 1.14 bits per heavy atom. The Morgan fingerprint density at radius 2 is 1.81 bits per heavy atom. The van der Waals surface area contributed by atoms with Gasteiger partial charge in [-0.3, -0.25) is 4.79 Å².